The number of nitrogens with two attached hydrogens (primary N) is 1. The van der Waals surface area contributed by atoms with Crippen LogP contribution in [0.2, 0.25) is 0 Å². The van der Waals surface area contributed by atoms with Crippen molar-refractivity contribution in [2.24, 2.45) is 5.73 Å². The van der Waals surface area contributed by atoms with Crippen LogP contribution in [0.3, 0.4) is 0 Å². The third-order valence-electron chi connectivity index (χ3n) is 7.26. The topological polar surface area (TPSA) is 47.7 Å². The Morgan fingerprint density at radius 2 is 0.694 bits per heavy atom. The fourth-order valence-corrected chi connectivity index (χ4v) is 4.89. The number of unbranched alkanes of at least 4 members (excludes halogenated alkanes) is 18. The van der Waals surface area contributed by atoms with Gasteiger partial charge >= 0.3 is 0 Å². The summed E-state index contributed by atoms with van der Waals surface area (Å²) in [4.78, 5) is 2.48. The van der Waals surface area contributed by atoms with Crippen LogP contribution in [0.25, 0.3) is 0 Å². The van der Waals surface area contributed by atoms with Gasteiger partial charge in [0.15, 0.2) is 0 Å². The molecule has 4 nitrogen and oxygen atoms in total. The third kappa shape index (κ3) is 30.1. The first-order valence-corrected chi connectivity index (χ1v) is 16.4. The van der Waals surface area contributed by atoms with Gasteiger partial charge in [0.1, 0.15) is 0 Å². The van der Waals surface area contributed by atoms with Crippen LogP contribution in [-0.2, 0) is 9.47 Å². The van der Waals surface area contributed by atoms with E-state index in [9.17, 15) is 0 Å². The van der Waals surface area contributed by atoms with Crippen LogP contribution in [0.1, 0.15) is 155 Å². The molecule has 0 aromatic carbocycles. The number of hydrogen-bond donors (Lipinski definition) is 1. The number of rotatable bonds is 32. The summed E-state index contributed by atoms with van der Waals surface area (Å²) in [7, 11) is 0. The molecule has 4 heteroatoms. The van der Waals surface area contributed by atoms with Crippen LogP contribution in [0.5, 0.6) is 0 Å². The Kier molecular flexibility index (Phi) is 32.7. The fraction of sp³-hybridized carbons (Fsp3) is 1.00. The van der Waals surface area contributed by atoms with Crippen molar-refractivity contribution < 1.29 is 9.47 Å². The lowest BCUT2D eigenvalue weighted by Crippen LogP contribution is -2.32. The standard InChI is InChI=1S/C32H68N2O2/c1-3-5-7-9-11-13-15-17-19-21-29-35-31-23-26-34(28-25-33)27-24-32-36-30-22-20-18-16-14-12-10-8-6-4-2/h3-33H2,1-2H3. The molecule has 0 spiro atoms. The lowest BCUT2D eigenvalue weighted by atomic mass is 10.1. The first kappa shape index (κ1) is 35.8. The zero-order chi connectivity index (χ0) is 26.2. The van der Waals surface area contributed by atoms with E-state index in [1.165, 1.54) is 128 Å². The second-order valence-electron chi connectivity index (χ2n) is 10.9. The minimum Gasteiger partial charge on any atom is -0.381 e. The van der Waals surface area contributed by atoms with Crippen LogP contribution in [0.15, 0.2) is 0 Å². The molecule has 0 rings (SSSR count). The van der Waals surface area contributed by atoms with Gasteiger partial charge in [-0.2, -0.15) is 0 Å². The summed E-state index contributed by atoms with van der Waals surface area (Å²) in [5.74, 6) is 0. The molecule has 0 saturated carbocycles. The van der Waals surface area contributed by atoms with Gasteiger partial charge in [0.05, 0.1) is 0 Å². The number of nitrogens with zero attached hydrogens (tertiary/aromatic N) is 1. The average Bonchev–Trinajstić information content (AvgIpc) is 2.89. The predicted molar refractivity (Wildman–Crippen MR) is 160 cm³/mol. The Balaban J connectivity index is 3.37. The van der Waals surface area contributed by atoms with Crippen LogP contribution >= 0.6 is 0 Å². The number of hydrogen-bond acceptors (Lipinski definition) is 4. The molecule has 0 saturated heterocycles. The van der Waals surface area contributed by atoms with Crippen molar-refractivity contribution in [2.45, 2.75) is 155 Å². The molecule has 0 aliphatic rings. The van der Waals surface area contributed by atoms with Gasteiger partial charge in [-0.3, -0.25) is 0 Å². The summed E-state index contributed by atoms with van der Waals surface area (Å²) in [5.41, 5.74) is 5.83. The van der Waals surface area contributed by atoms with E-state index in [1.807, 2.05) is 0 Å². The molecule has 0 bridgehead atoms. The van der Waals surface area contributed by atoms with Crippen molar-refractivity contribution in [3.63, 3.8) is 0 Å². The van der Waals surface area contributed by atoms with Crippen LogP contribution in [-0.4, -0.2) is 57.5 Å². The van der Waals surface area contributed by atoms with Crippen molar-refractivity contribution in [3.8, 4) is 0 Å². The fourth-order valence-electron chi connectivity index (χ4n) is 4.89. The van der Waals surface area contributed by atoms with Gasteiger partial charge < -0.3 is 20.1 Å². The quantitative estimate of drug-likeness (QED) is 0.0914. The highest BCUT2D eigenvalue weighted by atomic mass is 16.5. The summed E-state index contributed by atoms with van der Waals surface area (Å²) < 4.78 is 11.8. The van der Waals surface area contributed by atoms with E-state index in [0.29, 0.717) is 0 Å². The zero-order valence-corrected chi connectivity index (χ0v) is 25.1. The Hall–Kier alpha value is -0.160. The summed E-state index contributed by atoms with van der Waals surface area (Å²) >= 11 is 0. The monoisotopic (exact) mass is 513 g/mol. The van der Waals surface area contributed by atoms with Crippen molar-refractivity contribution in [1.82, 2.24) is 4.90 Å². The first-order chi connectivity index (χ1) is 17.8. The minimum atomic E-state index is 0.735. The molecule has 0 radical (unpaired) electrons. The average molecular weight is 513 g/mol. The van der Waals surface area contributed by atoms with Crippen molar-refractivity contribution in [1.29, 1.82) is 0 Å². The summed E-state index contributed by atoms with van der Waals surface area (Å²) in [5, 5.41) is 0. The molecule has 0 aliphatic carbocycles. The minimum absolute atomic E-state index is 0.735. The maximum Gasteiger partial charge on any atom is 0.0478 e. The molecule has 0 aliphatic heterocycles. The molecule has 0 fully saturated rings. The van der Waals surface area contributed by atoms with E-state index in [0.717, 1.165) is 65.4 Å². The molecular weight excluding hydrogens is 444 g/mol. The highest BCUT2D eigenvalue weighted by molar-refractivity contribution is 4.59. The summed E-state index contributed by atoms with van der Waals surface area (Å²) in [6.07, 6.45) is 29.8. The van der Waals surface area contributed by atoms with Crippen LogP contribution in [0, 0.1) is 0 Å². The highest BCUT2D eigenvalue weighted by Crippen LogP contribution is 2.11. The maximum absolute atomic E-state index is 5.88. The van der Waals surface area contributed by atoms with Crippen LogP contribution < -0.4 is 5.73 Å². The summed E-state index contributed by atoms with van der Waals surface area (Å²) in [6.45, 7) is 12.1. The zero-order valence-electron chi connectivity index (χ0n) is 25.1. The first-order valence-electron chi connectivity index (χ1n) is 16.4. The molecule has 2 N–H and O–H groups in total. The molecular formula is C32H68N2O2. The smallest absolute Gasteiger partial charge is 0.0478 e. The van der Waals surface area contributed by atoms with E-state index in [4.69, 9.17) is 15.2 Å². The molecule has 0 aromatic rings. The molecule has 0 aromatic heterocycles. The van der Waals surface area contributed by atoms with Gasteiger partial charge in [0, 0.05) is 52.6 Å². The normalized spacial score (nSPS) is 11.7. The van der Waals surface area contributed by atoms with E-state index in [2.05, 4.69) is 18.7 Å². The van der Waals surface area contributed by atoms with Gasteiger partial charge in [0.25, 0.3) is 0 Å². The molecule has 0 unspecified atom stereocenters. The molecule has 0 heterocycles. The van der Waals surface area contributed by atoms with Gasteiger partial charge in [-0.25, -0.2) is 0 Å². The molecule has 218 valence electrons. The Labute approximate surface area is 227 Å². The number of ether oxygens (including phenoxy) is 2. The van der Waals surface area contributed by atoms with Gasteiger partial charge in [-0.05, 0) is 25.7 Å². The Bertz CT molecular complexity index is 349. The molecule has 36 heavy (non-hydrogen) atoms. The van der Waals surface area contributed by atoms with Gasteiger partial charge in [-0.15, -0.1) is 0 Å². The third-order valence-corrected chi connectivity index (χ3v) is 7.26. The van der Waals surface area contributed by atoms with E-state index < -0.39 is 0 Å². The predicted octanol–water partition coefficient (Wildman–Crippen LogP) is 8.90. The van der Waals surface area contributed by atoms with Gasteiger partial charge in [-0.1, -0.05) is 129 Å². The van der Waals surface area contributed by atoms with E-state index in [-0.39, 0.29) is 0 Å². The van der Waals surface area contributed by atoms with Crippen molar-refractivity contribution in [2.75, 3.05) is 52.6 Å². The van der Waals surface area contributed by atoms with Crippen molar-refractivity contribution in [3.05, 3.63) is 0 Å². The second-order valence-corrected chi connectivity index (χ2v) is 10.9. The van der Waals surface area contributed by atoms with E-state index >= 15 is 0 Å². The van der Waals surface area contributed by atoms with E-state index in [1.54, 1.807) is 0 Å². The van der Waals surface area contributed by atoms with Crippen LogP contribution in [0.4, 0.5) is 0 Å². The van der Waals surface area contributed by atoms with Crippen molar-refractivity contribution >= 4 is 0 Å². The molecule has 0 atom stereocenters. The van der Waals surface area contributed by atoms with Gasteiger partial charge in [0.2, 0.25) is 0 Å². The highest BCUT2D eigenvalue weighted by Gasteiger charge is 2.04. The SMILES string of the molecule is CCCCCCCCCCCCOCCCN(CCN)CCCOCCCCCCCCCCCC. The maximum atomic E-state index is 5.88. The largest absolute Gasteiger partial charge is 0.381 e. The second kappa shape index (κ2) is 32.9. The Morgan fingerprint density at radius 3 is 1.03 bits per heavy atom. The molecule has 0 amide bonds. The lowest BCUT2D eigenvalue weighted by Gasteiger charge is -2.21. The summed E-state index contributed by atoms with van der Waals surface area (Å²) in [6, 6.07) is 0. The lowest BCUT2D eigenvalue weighted by molar-refractivity contribution is 0.105. The Morgan fingerprint density at radius 1 is 0.389 bits per heavy atom.